The number of hydrogen-bond acceptors (Lipinski definition) is 6. The second-order valence-corrected chi connectivity index (χ2v) is 5.35. The fraction of sp³-hybridized carbons (Fsp3) is 0.533. The fourth-order valence-corrected chi connectivity index (χ4v) is 2.53. The average Bonchev–Trinajstić information content (AvgIpc) is 2.50. The van der Waals surface area contributed by atoms with Crippen molar-refractivity contribution in [2.75, 3.05) is 64.0 Å². The summed E-state index contributed by atoms with van der Waals surface area (Å²) in [6.07, 6.45) is 0. The van der Waals surface area contributed by atoms with E-state index in [9.17, 15) is 4.79 Å². The second kappa shape index (κ2) is 7.98. The third kappa shape index (κ3) is 4.59. The molecule has 0 saturated carbocycles. The predicted molar refractivity (Wildman–Crippen MR) is 86.0 cm³/mol. The molecule has 0 aromatic heterocycles. The standard InChI is InChI=1S/C15H24N4O3/c1-22-14-3-2-12(16)10-13(14)17-15(21)11-19-6-4-18(5-7-19)8-9-20/h2-3,10,20H,4-9,11,16H2,1H3,(H,17,21). The number of rotatable bonds is 6. The van der Waals surface area contributed by atoms with Gasteiger partial charge in [-0.15, -0.1) is 0 Å². The molecule has 122 valence electrons. The fourth-order valence-electron chi connectivity index (χ4n) is 2.53. The van der Waals surface area contributed by atoms with Crippen LogP contribution in [-0.2, 0) is 4.79 Å². The summed E-state index contributed by atoms with van der Waals surface area (Å²) >= 11 is 0. The molecule has 4 N–H and O–H groups in total. The monoisotopic (exact) mass is 308 g/mol. The van der Waals surface area contributed by atoms with Crippen LogP contribution < -0.4 is 15.8 Å². The first-order chi connectivity index (χ1) is 10.6. The van der Waals surface area contributed by atoms with E-state index in [2.05, 4.69) is 15.1 Å². The number of hydrogen-bond donors (Lipinski definition) is 3. The average molecular weight is 308 g/mol. The van der Waals surface area contributed by atoms with Crippen LogP contribution >= 0.6 is 0 Å². The number of carbonyl (C=O) groups is 1. The van der Waals surface area contributed by atoms with E-state index in [0.29, 0.717) is 30.2 Å². The van der Waals surface area contributed by atoms with Crippen LogP contribution in [0.3, 0.4) is 0 Å². The van der Waals surface area contributed by atoms with E-state index in [1.807, 2.05) is 0 Å². The molecule has 7 nitrogen and oxygen atoms in total. The van der Waals surface area contributed by atoms with Gasteiger partial charge in [0.1, 0.15) is 5.75 Å². The van der Waals surface area contributed by atoms with Crippen molar-refractivity contribution in [2.24, 2.45) is 0 Å². The predicted octanol–water partition coefficient (Wildman–Crippen LogP) is -0.174. The van der Waals surface area contributed by atoms with Gasteiger partial charge >= 0.3 is 0 Å². The number of amides is 1. The van der Waals surface area contributed by atoms with Crippen LogP contribution in [0.5, 0.6) is 5.75 Å². The molecule has 1 saturated heterocycles. The highest BCUT2D eigenvalue weighted by atomic mass is 16.5. The number of carbonyl (C=O) groups excluding carboxylic acids is 1. The molecule has 0 aliphatic carbocycles. The number of aliphatic hydroxyl groups excluding tert-OH is 1. The van der Waals surface area contributed by atoms with Gasteiger partial charge in [0, 0.05) is 38.4 Å². The Morgan fingerprint density at radius 2 is 2.00 bits per heavy atom. The van der Waals surface area contributed by atoms with Crippen LogP contribution in [0.2, 0.25) is 0 Å². The molecule has 1 aromatic rings. The van der Waals surface area contributed by atoms with Crippen LogP contribution in [-0.4, -0.2) is 73.8 Å². The number of nitrogens with zero attached hydrogens (tertiary/aromatic N) is 2. The first-order valence-electron chi connectivity index (χ1n) is 7.41. The van der Waals surface area contributed by atoms with Crippen molar-refractivity contribution in [1.82, 2.24) is 9.80 Å². The number of β-amino-alcohol motifs (C(OH)–C–C–N with tert-alkyl or cyclic N) is 1. The largest absolute Gasteiger partial charge is 0.495 e. The number of methoxy groups -OCH3 is 1. The lowest BCUT2D eigenvalue weighted by atomic mass is 10.2. The molecule has 0 spiro atoms. The van der Waals surface area contributed by atoms with Gasteiger partial charge in [0.2, 0.25) is 5.91 Å². The summed E-state index contributed by atoms with van der Waals surface area (Å²) in [6, 6.07) is 5.16. The molecule has 1 aliphatic rings. The maximum Gasteiger partial charge on any atom is 0.238 e. The third-order valence-electron chi connectivity index (χ3n) is 3.75. The number of nitrogens with one attached hydrogen (secondary N) is 1. The van der Waals surface area contributed by atoms with Gasteiger partial charge < -0.3 is 20.9 Å². The highest BCUT2D eigenvalue weighted by Gasteiger charge is 2.19. The van der Waals surface area contributed by atoms with E-state index < -0.39 is 0 Å². The normalized spacial score (nSPS) is 16.5. The van der Waals surface area contributed by atoms with Crippen LogP contribution in [0.25, 0.3) is 0 Å². The molecule has 0 atom stereocenters. The molecule has 22 heavy (non-hydrogen) atoms. The maximum absolute atomic E-state index is 12.2. The number of piperazine rings is 1. The first-order valence-corrected chi connectivity index (χ1v) is 7.41. The van der Waals surface area contributed by atoms with Crippen molar-refractivity contribution in [3.05, 3.63) is 18.2 Å². The Kier molecular flexibility index (Phi) is 6.00. The van der Waals surface area contributed by atoms with Crippen molar-refractivity contribution in [3.8, 4) is 5.75 Å². The van der Waals surface area contributed by atoms with Gasteiger partial charge in [-0.2, -0.15) is 0 Å². The number of benzene rings is 1. The molecule has 1 fully saturated rings. The number of ether oxygens (including phenoxy) is 1. The number of aliphatic hydroxyl groups is 1. The summed E-state index contributed by atoms with van der Waals surface area (Å²) in [7, 11) is 1.56. The lowest BCUT2D eigenvalue weighted by molar-refractivity contribution is -0.117. The summed E-state index contributed by atoms with van der Waals surface area (Å²) < 4.78 is 5.22. The van der Waals surface area contributed by atoms with E-state index in [4.69, 9.17) is 15.6 Å². The number of anilines is 2. The third-order valence-corrected chi connectivity index (χ3v) is 3.75. The zero-order valence-corrected chi connectivity index (χ0v) is 12.9. The maximum atomic E-state index is 12.2. The minimum Gasteiger partial charge on any atom is -0.495 e. The minimum absolute atomic E-state index is 0.0838. The smallest absolute Gasteiger partial charge is 0.238 e. The summed E-state index contributed by atoms with van der Waals surface area (Å²) in [6.45, 7) is 4.59. The van der Waals surface area contributed by atoms with Gasteiger partial charge in [0.05, 0.1) is 25.9 Å². The van der Waals surface area contributed by atoms with Crippen LogP contribution in [0.4, 0.5) is 11.4 Å². The van der Waals surface area contributed by atoms with Gasteiger partial charge in [-0.05, 0) is 18.2 Å². The lowest BCUT2D eigenvalue weighted by Crippen LogP contribution is -2.49. The van der Waals surface area contributed by atoms with Gasteiger partial charge in [0.25, 0.3) is 0 Å². The minimum atomic E-state index is -0.0838. The molecule has 0 bridgehead atoms. The number of nitrogen functional groups attached to an aromatic ring is 1. The Labute approximate surface area is 130 Å². The number of nitrogens with two attached hydrogens (primary N) is 1. The zero-order chi connectivity index (χ0) is 15.9. The van der Waals surface area contributed by atoms with E-state index >= 15 is 0 Å². The van der Waals surface area contributed by atoms with Crippen molar-refractivity contribution in [1.29, 1.82) is 0 Å². The van der Waals surface area contributed by atoms with E-state index in [1.165, 1.54) is 0 Å². The molecule has 1 aliphatic heterocycles. The second-order valence-electron chi connectivity index (χ2n) is 5.35. The Bertz CT molecular complexity index is 502. The Hall–Kier alpha value is -1.83. The highest BCUT2D eigenvalue weighted by Crippen LogP contribution is 2.26. The van der Waals surface area contributed by atoms with Crippen molar-refractivity contribution in [2.45, 2.75) is 0 Å². The van der Waals surface area contributed by atoms with E-state index in [-0.39, 0.29) is 12.5 Å². The van der Waals surface area contributed by atoms with Crippen molar-refractivity contribution in [3.63, 3.8) is 0 Å². The summed E-state index contributed by atoms with van der Waals surface area (Å²) in [5, 5.41) is 11.8. The van der Waals surface area contributed by atoms with Crippen molar-refractivity contribution >= 4 is 17.3 Å². The first kappa shape index (κ1) is 16.5. The van der Waals surface area contributed by atoms with Crippen LogP contribution in [0.15, 0.2) is 18.2 Å². The van der Waals surface area contributed by atoms with Gasteiger partial charge in [-0.25, -0.2) is 0 Å². The highest BCUT2D eigenvalue weighted by molar-refractivity contribution is 5.94. The Morgan fingerprint density at radius 1 is 1.32 bits per heavy atom. The van der Waals surface area contributed by atoms with Gasteiger partial charge in [0.15, 0.2) is 0 Å². The molecule has 1 aromatic carbocycles. The Morgan fingerprint density at radius 3 is 2.64 bits per heavy atom. The van der Waals surface area contributed by atoms with E-state index in [1.54, 1.807) is 25.3 Å². The van der Waals surface area contributed by atoms with Crippen LogP contribution in [0, 0.1) is 0 Å². The zero-order valence-electron chi connectivity index (χ0n) is 12.9. The van der Waals surface area contributed by atoms with Crippen molar-refractivity contribution < 1.29 is 14.6 Å². The lowest BCUT2D eigenvalue weighted by Gasteiger charge is -2.33. The quantitative estimate of drug-likeness (QED) is 0.632. The molecule has 1 heterocycles. The molecular weight excluding hydrogens is 284 g/mol. The topological polar surface area (TPSA) is 91.1 Å². The summed E-state index contributed by atoms with van der Waals surface area (Å²) in [5.74, 6) is 0.509. The summed E-state index contributed by atoms with van der Waals surface area (Å²) in [4.78, 5) is 16.5. The molecule has 7 heteroatoms. The van der Waals surface area contributed by atoms with Gasteiger partial charge in [-0.1, -0.05) is 0 Å². The molecule has 0 radical (unpaired) electrons. The van der Waals surface area contributed by atoms with E-state index in [0.717, 1.165) is 26.2 Å². The SMILES string of the molecule is COc1ccc(N)cc1NC(=O)CN1CCN(CCO)CC1. The Balaban J connectivity index is 1.85. The van der Waals surface area contributed by atoms with Crippen LogP contribution in [0.1, 0.15) is 0 Å². The van der Waals surface area contributed by atoms with Gasteiger partial charge in [-0.3, -0.25) is 14.6 Å². The summed E-state index contributed by atoms with van der Waals surface area (Å²) in [5.41, 5.74) is 6.91. The molecular formula is C15H24N4O3. The molecule has 2 rings (SSSR count). The molecule has 1 amide bonds. The molecule has 0 unspecified atom stereocenters.